The number of aromatic nitrogens is 3. The van der Waals surface area contributed by atoms with Crippen LogP contribution in [-0.2, 0) is 6.54 Å². The highest BCUT2D eigenvalue weighted by Gasteiger charge is 2.21. The summed E-state index contributed by atoms with van der Waals surface area (Å²) >= 11 is 0. The van der Waals surface area contributed by atoms with Crippen LogP contribution in [0, 0.1) is 20.8 Å². The molecule has 0 aliphatic carbocycles. The molecule has 1 fully saturated rings. The van der Waals surface area contributed by atoms with E-state index in [1.54, 1.807) is 6.20 Å². The second-order valence-corrected chi connectivity index (χ2v) is 7.96. The summed E-state index contributed by atoms with van der Waals surface area (Å²) < 4.78 is 1.98. The number of anilines is 1. The third kappa shape index (κ3) is 4.55. The smallest absolute Gasteiger partial charge is 0.194 e. The van der Waals surface area contributed by atoms with Crippen LogP contribution in [0.4, 0.5) is 5.69 Å². The predicted octanol–water partition coefficient (Wildman–Crippen LogP) is 3.09. The van der Waals surface area contributed by atoms with E-state index in [1.807, 2.05) is 37.0 Å². The van der Waals surface area contributed by atoms with E-state index in [0.29, 0.717) is 6.54 Å². The Morgan fingerprint density at radius 2 is 1.84 bits per heavy atom. The van der Waals surface area contributed by atoms with E-state index in [0.717, 1.165) is 49.3 Å². The maximum absolute atomic E-state index is 4.58. The minimum absolute atomic E-state index is 0.695. The maximum Gasteiger partial charge on any atom is 0.194 e. The van der Waals surface area contributed by atoms with Crippen LogP contribution >= 0.6 is 0 Å². The molecule has 4 rings (SSSR count). The highest BCUT2D eigenvalue weighted by molar-refractivity contribution is 5.80. The topological polar surface area (TPSA) is 61.6 Å². The summed E-state index contributed by atoms with van der Waals surface area (Å²) in [5.41, 5.74) is 5.19. The van der Waals surface area contributed by atoms with Crippen LogP contribution in [0.25, 0.3) is 5.82 Å². The molecule has 0 unspecified atom stereocenters. The largest absolute Gasteiger partial charge is 0.368 e. The molecule has 0 radical (unpaired) electrons. The zero-order chi connectivity index (χ0) is 21.8. The van der Waals surface area contributed by atoms with E-state index < -0.39 is 0 Å². The Kier molecular flexibility index (Phi) is 6.21. The van der Waals surface area contributed by atoms with Crippen molar-refractivity contribution >= 4 is 11.6 Å². The molecule has 0 bridgehead atoms. The average molecular weight is 418 g/mol. The lowest BCUT2D eigenvalue weighted by molar-refractivity contribution is 0.372. The summed E-state index contributed by atoms with van der Waals surface area (Å²) in [5.74, 6) is 2.75. The van der Waals surface area contributed by atoms with Gasteiger partial charge in [0.2, 0.25) is 0 Å². The van der Waals surface area contributed by atoms with Crippen molar-refractivity contribution in [3.8, 4) is 5.82 Å². The lowest BCUT2D eigenvalue weighted by Gasteiger charge is -2.38. The number of benzene rings is 1. The van der Waals surface area contributed by atoms with Gasteiger partial charge in [0.05, 0.1) is 0 Å². The monoisotopic (exact) mass is 417 g/mol. The number of aliphatic imine (C=N–C) groups is 1. The van der Waals surface area contributed by atoms with Crippen LogP contribution in [0.5, 0.6) is 0 Å². The number of pyridine rings is 1. The second-order valence-electron chi connectivity index (χ2n) is 7.96. The van der Waals surface area contributed by atoms with E-state index >= 15 is 0 Å². The van der Waals surface area contributed by atoms with Crippen LogP contribution < -0.4 is 10.2 Å². The van der Waals surface area contributed by atoms with Gasteiger partial charge >= 0.3 is 0 Å². The normalized spacial score (nSPS) is 14.8. The molecule has 1 N–H and O–H groups in total. The van der Waals surface area contributed by atoms with Crippen molar-refractivity contribution in [2.75, 3.05) is 38.1 Å². The Bertz CT molecular complexity index is 1040. The van der Waals surface area contributed by atoms with Gasteiger partial charge in [-0.3, -0.25) is 9.56 Å². The van der Waals surface area contributed by atoms with Crippen molar-refractivity contribution in [3.05, 3.63) is 71.4 Å². The summed E-state index contributed by atoms with van der Waals surface area (Å²) in [7, 11) is 1.85. The van der Waals surface area contributed by atoms with Gasteiger partial charge in [0.25, 0.3) is 0 Å². The predicted molar refractivity (Wildman–Crippen MR) is 126 cm³/mol. The zero-order valence-corrected chi connectivity index (χ0v) is 18.8. The number of imidazole rings is 1. The van der Waals surface area contributed by atoms with Crippen LogP contribution in [0.2, 0.25) is 0 Å². The number of nitrogens with zero attached hydrogens (tertiary/aromatic N) is 6. The molecule has 1 aliphatic rings. The third-order valence-electron chi connectivity index (χ3n) is 6.04. The van der Waals surface area contributed by atoms with Crippen LogP contribution in [0.15, 0.2) is 53.9 Å². The standard InChI is InChI=1S/C24H31N7/c1-18-6-5-7-22(19(18)2)29-12-14-30(15-13-29)24(25-4)28-17-21-8-9-23(27-16-21)31-11-10-26-20(31)3/h5-11,16H,12-15,17H2,1-4H3,(H,25,28). The lowest BCUT2D eigenvalue weighted by Crippen LogP contribution is -2.52. The summed E-state index contributed by atoms with van der Waals surface area (Å²) in [6.45, 7) is 10.9. The quantitative estimate of drug-likeness (QED) is 0.522. The Morgan fingerprint density at radius 1 is 1.03 bits per heavy atom. The van der Waals surface area contributed by atoms with Crippen LogP contribution in [0.3, 0.4) is 0 Å². The molecule has 162 valence electrons. The van der Waals surface area contributed by atoms with E-state index in [4.69, 9.17) is 0 Å². The van der Waals surface area contributed by atoms with Gasteiger partial charge in [-0.25, -0.2) is 9.97 Å². The summed E-state index contributed by atoms with van der Waals surface area (Å²) in [5, 5.41) is 3.49. The Labute approximate surface area is 184 Å². The van der Waals surface area contributed by atoms with Gasteiger partial charge in [-0.2, -0.15) is 0 Å². The molecule has 31 heavy (non-hydrogen) atoms. The van der Waals surface area contributed by atoms with E-state index in [2.05, 4.69) is 68.2 Å². The van der Waals surface area contributed by atoms with Crippen molar-refractivity contribution < 1.29 is 0 Å². The average Bonchev–Trinajstić information content (AvgIpc) is 3.23. The first-order valence-electron chi connectivity index (χ1n) is 10.8. The zero-order valence-electron chi connectivity index (χ0n) is 18.8. The van der Waals surface area contributed by atoms with Gasteiger partial charge in [-0.05, 0) is 49.6 Å². The van der Waals surface area contributed by atoms with Gasteiger partial charge in [-0.1, -0.05) is 18.2 Å². The number of rotatable bonds is 4. The van der Waals surface area contributed by atoms with Crippen LogP contribution in [-0.4, -0.2) is 58.6 Å². The first kappa shape index (κ1) is 20.9. The number of aryl methyl sites for hydroxylation is 2. The van der Waals surface area contributed by atoms with E-state index in [-0.39, 0.29) is 0 Å². The second kappa shape index (κ2) is 9.20. The van der Waals surface area contributed by atoms with Gasteiger partial charge in [0, 0.05) is 64.0 Å². The molecule has 3 heterocycles. The van der Waals surface area contributed by atoms with Crippen LogP contribution in [0.1, 0.15) is 22.5 Å². The lowest BCUT2D eigenvalue weighted by atomic mass is 10.1. The fourth-order valence-corrected chi connectivity index (χ4v) is 4.03. The first-order chi connectivity index (χ1) is 15.1. The third-order valence-corrected chi connectivity index (χ3v) is 6.04. The summed E-state index contributed by atoms with van der Waals surface area (Å²) in [6.07, 6.45) is 5.62. The summed E-state index contributed by atoms with van der Waals surface area (Å²) in [4.78, 5) is 18.2. The van der Waals surface area contributed by atoms with Gasteiger partial charge in [-0.15, -0.1) is 0 Å². The summed E-state index contributed by atoms with van der Waals surface area (Å²) in [6, 6.07) is 10.7. The molecule has 0 atom stereocenters. The maximum atomic E-state index is 4.58. The number of piperazine rings is 1. The van der Waals surface area contributed by atoms with Crippen molar-refractivity contribution in [1.82, 2.24) is 24.8 Å². The first-order valence-corrected chi connectivity index (χ1v) is 10.8. The molecule has 0 amide bonds. The highest BCUT2D eigenvalue weighted by Crippen LogP contribution is 2.23. The van der Waals surface area contributed by atoms with Crippen molar-refractivity contribution in [1.29, 1.82) is 0 Å². The van der Waals surface area contributed by atoms with Gasteiger partial charge < -0.3 is 15.1 Å². The Balaban J connectivity index is 1.33. The number of hydrogen-bond acceptors (Lipinski definition) is 4. The van der Waals surface area contributed by atoms with Crippen molar-refractivity contribution in [3.63, 3.8) is 0 Å². The minimum atomic E-state index is 0.695. The highest BCUT2D eigenvalue weighted by atomic mass is 15.3. The van der Waals surface area contributed by atoms with Crippen molar-refractivity contribution in [2.45, 2.75) is 27.3 Å². The number of hydrogen-bond donors (Lipinski definition) is 1. The molecular weight excluding hydrogens is 386 g/mol. The Morgan fingerprint density at radius 3 is 2.48 bits per heavy atom. The van der Waals surface area contributed by atoms with E-state index in [1.165, 1.54) is 16.8 Å². The Hall–Kier alpha value is -3.35. The van der Waals surface area contributed by atoms with Crippen molar-refractivity contribution in [2.24, 2.45) is 4.99 Å². The van der Waals surface area contributed by atoms with Gasteiger partial charge in [0.1, 0.15) is 11.6 Å². The van der Waals surface area contributed by atoms with E-state index in [9.17, 15) is 0 Å². The molecule has 1 saturated heterocycles. The molecule has 2 aromatic heterocycles. The molecule has 0 spiro atoms. The molecule has 1 aromatic carbocycles. The number of nitrogens with one attached hydrogen (secondary N) is 1. The van der Waals surface area contributed by atoms with Gasteiger partial charge in [0.15, 0.2) is 5.96 Å². The fraction of sp³-hybridized carbons (Fsp3) is 0.375. The molecule has 7 nitrogen and oxygen atoms in total. The minimum Gasteiger partial charge on any atom is -0.368 e. The molecular formula is C24H31N7. The fourth-order valence-electron chi connectivity index (χ4n) is 4.03. The molecule has 1 aliphatic heterocycles. The molecule has 0 saturated carbocycles. The molecule has 3 aromatic rings. The SMILES string of the molecule is CN=C(NCc1ccc(-n2ccnc2C)nc1)N1CCN(c2cccc(C)c2C)CC1. The molecule has 7 heteroatoms. The number of guanidine groups is 1.